The molecule has 0 fully saturated rings. The van der Waals surface area contributed by atoms with Crippen LogP contribution in [0.5, 0.6) is 5.75 Å². The predicted octanol–water partition coefficient (Wildman–Crippen LogP) is 1.98. The monoisotopic (exact) mass is 300 g/mol. The van der Waals surface area contributed by atoms with Crippen molar-refractivity contribution in [3.8, 4) is 5.75 Å². The minimum Gasteiger partial charge on any atom is -0.497 e. The Morgan fingerprint density at radius 2 is 1.77 bits per heavy atom. The number of amides is 1. The number of nitrogens with zero attached hydrogens (tertiary/aromatic N) is 1. The molecule has 2 rings (SSSR count). The quantitative estimate of drug-likeness (QED) is 0.829. The van der Waals surface area contributed by atoms with E-state index in [9.17, 15) is 9.90 Å². The Kier molecular flexibility index (Phi) is 5.14. The van der Waals surface area contributed by atoms with Crippen molar-refractivity contribution in [2.45, 2.75) is 6.10 Å². The van der Waals surface area contributed by atoms with Crippen LogP contribution in [0.15, 0.2) is 48.5 Å². The molecule has 0 saturated carbocycles. The first-order chi connectivity index (χ1) is 10.5. The molecule has 0 aliphatic heterocycles. The molecule has 1 amide bonds. The molecule has 22 heavy (non-hydrogen) atoms. The second kappa shape index (κ2) is 7.06. The Labute approximate surface area is 130 Å². The molecule has 2 aromatic rings. The third-order valence-electron chi connectivity index (χ3n) is 3.26. The number of hydrogen-bond acceptors (Lipinski definition) is 4. The molecule has 0 radical (unpaired) electrons. The van der Waals surface area contributed by atoms with Crippen LogP contribution in [0, 0.1) is 0 Å². The van der Waals surface area contributed by atoms with Crippen LogP contribution >= 0.6 is 0 Å². The van der Waals surface area contributed by atoms with Gasteiger partial charge in [-0.1, -0.05) is 30.3 Å². The molecule has 1 atom stereocenters. The van der Waals surface area contributed by atoms with Gasteiger partial charge in [-0.15, -0.1) is 0 Å². The average Bonchev–Trinajstić information content (AvgIpc) is 2.53. The highest BCUT2D eigenvalue weighted by molar-refractivity contribution is 5.95. The van der Waals surface area contributed by atoms with Crippen LogP contribution in [-0.4, -0.2) is 37.2 Å². The van der Waals surface area contributed by atoms with Gasteiger partial charge in [-0.25, -0.2) is 5.01 Å². The van der Waals surface area contributed by atoms with Crippen LogP contribution in [-0.2, 0) is 0 Å². The van der Waals surface area contributed by atoms with E-state index in [1.54, 1.807) is 74.7 Å². The van der Waals surface area contributed by atoms with Gasteiger partial charge < -0.3 is 9.84 Å². The molecule has 0 aromatic heterocycles. The Hall–Kier alpha value is -2.37. The number of hydrogen-bond donors (Lipinski definition) is 2. The Bertz CT molecular complexity index is 639. The zero-order chi connectivity index (χ0) is 16.1. The second-order valence-corrected chi connectivity index (χ2v) is 5.10. The minimum atomic E-state index is -0.880. The summed E-state index contributed by atoms with van der Waals surface area (Å²) in [7, 11) is 5.06. The van der Waals surface area contributed by atoms with Crippen LogP contribution in [0.2, 0.25) is 0 Å². The van der Waals surface area contributed by atoms with Gasteiger partial charge in [0.1, 0.15) is 11.9 Å². The summed E-state index contributed by atoms with van der Waals surface area (Å²) in [6.07, 6.45) is -0.880. The lowest BCUT2D eigenvalue weighted by molar-refractivity contribution is 0.0852. The van der Waals surface area contributed by atoms with E-state index >= 15 is 0 Å². The largest absolute Gasteiger partial charge is 0.497 e. The Morgan fingerprint density at radius 3 is 2.36 bits per heavy atom. The van der Waals surface area contributed by atoms with Gasteiger partial charge in [0, 0.05) is 19.7 Å². The Morgan fingerprint density at radius 1 is 1.14 bits per heavy atom. The van der Waals surface area contributed by atoms with Crippen LogP contribution < -0.4 is 10.2 Å². The van der Waals surface area contributed by atoms with E-state index in [0.717, 1.165) is 5.75 Å². The summed E-state index contributed by atoms with van der Waals surface area (Å²) < 4.78 is 5.11. The summed E-state index contributed by atoms with van der Waals surface area (Å²) in [5.41, 5.74) is 4.39. The van der Waals surface area contributed by atoms with E-state index in [1.165, 1.54) is 0 Å². The van der Waals surface area contributed by atoms with Crippen molar-refractivity contribution in [1.29, 1.82) is 0 Å². The molecule has 0 heterocycles. The summed E-state index contributed by atoms with van der Waals surface area (Å²) in [5, 5.41) is 12.2. The van der Waals surface area contributed by atoms with Gasteiger partial charge in [0.15, 0.2) is 0 Å². The lowest BCUT2D eigenvalue weighted by atomic mass is 9.96. The van der Waals surface area contributed by atoms with Crippen LogP contribution in [0.4, 0.5) is 0 Å². The maximum Gasteiger partial charge on any atom is 0.265 e. The topological polar surface area (TPSA) is 61.8 Å². The molecule has 5 heteroatoms. The molecule has 0 aliphatic rings. The fraction of sp³-hybridized carbons (Fsp3) is 0.235. The normalized spacial score (nSPS) is 12.0. The van der Waals surface area contributed by atoms with Crippen LogP contribution in [0.3, 0.4) is 0 Å². The molecular formula is C17H20N2O3. The summed E-state index contributed by atoms with van der Waals surface area (Å²) in [4.78, 5) is 12.2. The van der Waals surface area contributed by atoms with Crippen LogP contribution in [0.25, 0.3) is 0 Å². The van der Waals surface area contributed by atoms with E-state index < -0.39 is 6.10 Å². The van der Waals surface area contributed by atoms with E-state index in [-0.39, 0.29) is 5.91 Å². The van der Waals surface area contributed by atoms with Gasteiger partial charge in [-0.2, -0.15) is 0 Å². The lowest BCUT2D eigenvalue weighted by Gasteiger charge is -2.18. The number of methoxy groups -OCH3 is 1. The van der Waals surface area contributed by atoms with E-state index in [4.69, 9.17) is 4.74 Å². The summed E-state index contributed by atoms with van der Waals surface area (Å²) in [6.45, 7) is 0. The van der Waals surface area contributed by atoms with Crippen molar-refractivity contribution in [1.82, 2.24) is 10.4 Å². The lowest BCUT2D eigenvalue weighted by Crippen LogP contribution is -2.36. The standard InChI is InChI=1S/C17H20N2O3/c1-19(2)18-17(21)15-7-5-4-6-14(15)16(20)12-8-10-13(22-3)11-9-12/h4-11,16,20H,1-3H3,(H,18,21). The molecule has 2 N–H and O–H groups in total. The second-order valence-electron chi connectivity index (χ2n) is 5.10. The average molecular weight is 300 g/mol. The summed E-state index contributed by atoms with van der Waals surface area (Å²) >= 11 is 0. The molecule has 116 valence electrons. The molecule has 0 bridgehead atoms. The highest BCUT2D eigenvalue weighted by Gasteiger charge is 2.18. The molecule has 5 nitrogen and oxygen atoms in total. The maximum absolute atomic E-state index is 12.2. The number of hydrazine groups is 1. The Balaban J connectivity index is 2.32. The van der Waals surface area contributed by atoms with Crippen LogP contribution in [0.1, 0.15) is 27.6 Å². The van der Waals surface area contributed by atoms with Crippen molar-refractivity contribution in [2.24, 2.45) is 0 Å². The van der Waals surface area contributed by atoms with Gasteiger partial charge in [-0.05, 0) is 29.3 Å². The minimum absolute atomic E-state index is 0.256. The third kappa shape index (κ3) is 3.63. The maximum atomic E-state index is 12.2. The number of aliphatic hydroxyl groups excluding tert-OH is 1. The van der Waals surface area contributed by atoms with Gasteiger partial charge in [0.2, 0.25) is 0 Å². The van der Waals surface area contributed by atoms with Gasteiger partial charge in [0.25, 0.3) is 5.91 Å². The smallest absolute Gasteiger partial charge is 0.265 e. The fourth-order valence-electron chi connectivity index (χ4n) is 2.17. The van der Waals surface area contributed by atoms with Crippen molar-refractivity contribution < 1.29 is 14.6 Å². The molecule has 0 spiro atoms. The number of benzene rings is 2. The number of ether oxygens (including phenoxy) is 1. The summed E-state index contributed by atoms with van der Waals surface area (Å²) in [6, 6.07) is 14.1. The van der Waals surface area contributed by atoms with Gasteiger partial charge in [0.05, 0.1) is 7.11 Å². The molecule has 0 saturated heterocycles. The van der Waals surface area contributed by atoms with E-state index in [0.29, 0.717) is 16.7 Å². The summed E-state index contributed by atoms with van der Waals surface area (Å²) in [5.74, 6) is 0.461. The molecular weight excluding hydrogens is 280 g/mol. The predicted molar refractivity (Wildman–Crippen MR) is 84.7 cm³/mol. The zero-order valence-corrected chi connectivity index (χ0v) is 12.9. The first-order valence-electron chi connectivity index (χ1n) is 6.92. The first kappa shape index (κ1) is 16.0. The fourth-order valence-corrected chi connectivity index (χ4v) is 2.17. The number of rotatable bonds is 5. The highest BCUT2D eigenvalue weighted by atomic mass is 16.5. The van der Waals surface area contributed by atoms with Crippen molar-refractivity contribution in [3.63, 3.8) is 0 Å². The third-order valence-corrected chi connectivity index (χ3v) is 3.26. The van der Waals surface area contributed by atoms with Gasteiger partial charge in [-0.3, -0.25) is 10.2 Å². The first-order valence-corrected chi connectivity index (χ1v) is 6.92. The molecule has 2 aromatic carbocycles. The highest BCUT2D eigenvalue weighted by Crippen LogP contribution is 2.26. The SMILES string of the molecule is COc1ccc(C(O)c2ccccc2C(=O)NN(C)C)cc1. The number of aliphatic hydroxyl groups is 1. The molecule has 1 unspecified atom stereocenters. The van der Waals surface area contributed by atoms with Crippen molar-refractivity contribution >= 4 is 5.91 Å². The number of carbonyl (C=O) groups excluding carboxylic acids is 1. The van der Waals surface area contributed by atoms with Gasteiger partial charge >= 0.3 is 0 Å². The van der Waals surface area contributed by atoms with E-state index in [1.807, 2.05) is 0 Å². The van der Waals surface area contributed by atoms with Crippen molar-refractivity contribution in [3.05, 3.63) is 65.2 Å². The number of nitrogens with one attached hydrogen (secondary N) is 1. The number of carbonyl (C=O) groups is 1. The zero-order valence-electron chi connectivity index (χ0n) is 12.9. The van der Waals surface area contributed by atoms with Crippen molar-refractivity contribution in [2.75, 3.05) is 21.2 Å². The molecule has 0 aliphatic carbocycles. The van der Waals surface area contributed by atoms with E-state index in [2.05, 4.69) is 5.43 Å².